The fourth-order valence-corrected chi connectivity index (χ4v) is 1.70. The lowest BCUT2D eigenvalue weighted by Gasteiger charge is -2.10. The molecule has 1 heterocycles. The first-order chi connectivity index (χ1) is 8.08. The number of halogens is 3. The van der Waals surface area contributed by atoms with Crippen molar-refractivity contribution in [2.24, 2.45) is 0 Å². The van der Waals surface area contributed by atoms with E-state index < -0.39 is 11.6 Å². The molecule has 88 valence electrons. The summed E-state index contributed by atoms with van der Waals surface area (Å²) in [6.07, 6.45) is 1.48. The van der Waals surface area contributed by atoms with Crippen molar-refractivity contribution in [1.82, 2.24) is 4.98 Å². The van der Waals surface area contributed by atoms with Gasteiger partial charge in [0.15, 0.2) is 17.5 Å². The number of rotatable bonds is 2. The van der Waals surface area contributed by atoms with E-state index in [1.807, 2.05) is 0 Å². The van der Waals surface area contributed by atoms with Crippen molar-refractivity contribution in [3.8, 4) is 0 Å². The topological polar surface area (TPSA) is 50.9 Å². The largest absolute Gasteiger partial charge is 0.396 e. The van der Waals surface area contributed by atoms with Gasteiger partial charge in [0.2, 0.25) is 0 Å². The smallest absolute Gasteiger partial charge is 0.153 e. The SMILES string of the molecule is Nc1cccnc1Nc1c(F)cc(Br)cc1F. The summed E-state index contributed by atoms with van der Waals surface area (Å²) in [6, 6.07) is 5.54. The molecule has 0 aliphatic rings. The third kappa shape index (κ3) is 2.52. The van der Waals surface area contributed by atoms with Gasteiger partial charge in [-0.3, -0.25) is 0 Å². The van der Waals surface area contributed by atoms with Crippen LogP contribution >= 0.6 is 15.9 Å². The number of benzene rings is 1. The van der Waals surface area contributed by atoms with Crippen LogP contribution in [0.25, 0.3) is 0 Å². The predicted octanol–water partition coefficient (Wildman–Crippen LogP) is 3.45. The summed E-state index contributed by atoms with van der Waals surface area (Å²) in [4.78, 5) is 3.90. The number of nitrogens with zero attached hydrogens (tertiary/aromatic N) is 1. The highest BCUT2D eigenvalue weighted by molar-refractivity contribution is 9.10. The normalized spacial score (nSPS) is 10.3. The summed E-state index contributed by atoms with van der Waals surface area (Å²) in [5.74, 6) is -1.23. The van der Waals surface area contributed by atoms with Crippen LogP contribution in [0.15, 0.2) is 34.9 Å². The molecule has 0 saturated heterocycles. The second kappa shape index (κ2) is 4.67. The van der Waals surface area contributed by atoms with Crippen molar-refractivity contribution in [2.75, 3.05) is 11.1 Å². The molecule has 0 spiro atoms. The molecule has 2 aromatic rings. The van der Waals surface area contributed by atoms with E-state index in [2.05, 4.69) is 26.2 Å². The van der Waals surface area contributed by atoms with E-state index >= 15 is 0 Å². The molecule has 0 aliphatic carbocycles. The number of nitrogens with one attached hydrogen (secondary N) is 1. The first-order valence-corrected chi connectivity index (χ1v) is 5.49. The summed E-state index contributed by atoms with van der Waals surface area (Å²) in [7, 11) is 0. The molecule has 1 aromatic heterocycles. The van der Waals surface area contributed by atoms with E-state index in [-0.39, 0.29) is 11.5 Å². The maximum Gasteiger partial charge on any atom is 0.153 e. The molecule has 3 N–H and O–H groups in total. The van der Waals surface area contributed by atoms with Crippen molar-refractivity contribution < 1.29 is 8.78 Å². The molecule has 0 atom stereocenters. The molecule has 6 heteroatoms. The minimum absolute atomic E-state index is 0.215. The van der Waals surface area contributed by atoms with Gasteiger partial charge < -0.3 is 11.1 Å². The monoisotopic (exact) mass is 299 g/mol. The van der Waals surface area contributed by atoms with Gasteiger partial charge in [-0.1, -0.05) is 15.9 Å². The highest BCUT2D eigenvalue weighted by Gasteiger charge is 2.12. The molecule has 0 radical (unpaired) electrons. The number of aromatic nitrogens is 1. The molecule has 0 fully saturated rings. The molecular formula is C11H8BrF2N3. The van der Waals surface area contributed by atoms with Gasteiger partial charge in [0.25, 0.3) is 0 Å². The van der Waals surface area contributed by atoms with E-state index in [9.17, 15) is 8.78 Å². The van der Waals surface area contributed by atoms with Crippen molar-refractivity contribution in [2.45, 2.75) is 0 Å². The zero-order valence-corrected chi connectivity index (χ0v) is 10.1. The Labute approximate surface area is 105 Å². The number of anilines is 3. The van der Waals surface area contributed by atoms with E-state index in [4.69, 9.17) is 5.73 Å². The Morgan fingerprint density at radius 3 is 2.47 bits per heavy atom. The lowest BCUT2D eigenvalue weighted by molar-refractivity contribution is 0.589. The summed E-state index contributed by atoms with van der Waals surface area (Å²) in [6.45, 7) is 0. The number of nitrogens with two attached hydrogens (primary N) is 1. The Morgan fingerprint density at radius 1 is 1.24 bits per heavy atom. The van der Waals surface area contributed by atoms with Gasteiger partial charge in [0.1, 0.15) is 5.69 Å². The van der Waals surface area contributed by atoms with Crippen LogP contribution in [0.5, 0.6) is 0 Å². The summed E-state index contributed by atoms with van der Waals surface area (Å²) in [5.41, 5.74) is 5.65. The quantitative estimate of drug-likeness (QED) is 0.893. The summed E-state index contributed by atoms with van der Waals surface area (Å²) >= 11 is 3.00. The number of hydrogen-bond acceptors (Lipinski definition) is 3. The van der Waals surface area contributed by atoms with Gasteiger partial charge in [0, 0.05) is 10.7 Å². The van der Waals surface area contributed by atoms with Crippen LogP contribution in [0.1, 0.15) is 0 Å². The maximum atomic E-state index is 13.5. The molecule has 3 nitrogen and oxygen atoms in total. The van der Waals surface area contributed by atoms with E-state index in [1.165, 1.54) is 6.20 Å². The lowest BCUT2D eigenvalue weighted by Crippen LogP contribution is -2.02. The summed E-state index contributed by atoms with van der Waals surface area (Å²) in [5, 5.41) is 2.53. The van der Waals surface area contributed by atoms with Crippen molar-refractivity contribution in [3.63, 3.8) is 0 Å². The molecule has 17 heavy (non-hydrogen) atoms. The molecule has 2 rings (SSSR count). The Hall–Kier alpha value is -1.69. The van der Waals surface area contributed by atoms with Crippen LogP contribution in [0.2, 0.25) is 0 Å². The van der Waals surface area contributed by atoms with Crippen LogP contribution < -0.4 is 11.1 Å². The third-order valence-electron chi connectivity index (χ3n) is 2.09. The highest BCUT2D eigenvalue weighted by atomic mass is 79.9. The number of pyridine rings is 1. The van der Waals surface area contributed by atoms with Crippen LogP contribution in [0.3, 0.4) is 0 Å². The summed E-state index contributed by atoms with van der Waals surface area (Å²) < 4.78 is 27.4. The molecular weight excluding hydrogens is 292 g/mol. The van der Waals surface area contributed by atoms with Gasteiger partial charge in [-0.25, -0.2) is 13.8 Å². The lowest BCUT2D eigenvalue weighted by atomic mass is 10.3. The van der Waals surface area contributed by atoms with Crippen molar-refractivity contribution in [3.05, 3.63) is 46.6 Å². The van der Waals surface area contributed by atoms with E-state index in [0.717, 1.165) is 12.1 Å². The number of nitrogen functional groups attached to an aromatic ring is 1. The zero-order valence-electron chi connectivity index (χ0n) is 8.55. The van der Waals surface area contributed by atoms with Gasteiger partial charge >= 0.3 is 0 Å². The minimum atomic E-state index is -0.720. The van der Waals surface area contributed by atoms with Gasteiger partial charge in [0.05, 0.1) is 5.69 Å². The van der Waals surface area contributed by atoms with E-state index in [1.54, 1.807) is 12.1 Å². The Kier molecular flexibility index (Phi) is 3.23. The van der Waals surface area contributed by atoms with Crippen LogP contribution in [-0.2, 0) is 0 Å². The van der Waals surface area contributed by atoms with Crippen LogP contribution in [0, 0.1) is 11.6 Å². The average molecular weight is 300 g/mol. The molecule has 0 saturated carbocycles. The highest BCUT2D eigenvalue weighted by Crippen LogP contribution is 2.27. The Bertz CT molecular complexity index is 537. The maximum absolute atomic E-state index is 13.5. The molecule has 0 amide bonds. The second-order valence-corrected chi connectivity index (χ2v) is 4.23. The van der Waals surface area contributed by atoms with Crippen LogP contribution in [0.4, 0.5) is 26.0 Å². The van der Waals surface area contributed by atoms with Crippen LogP contribution in [-0.4, -0.2) is 4.98 Å². The fraction of sp³-hybridized carbons (Fsp3) is 0. The number of hydrogen-bond donors (Lipinski definition) is 2. The Morgan fingerprint density at radius 2 is 1.88 bits per heavy atom. The van der Waals surface area contributed by atoms with Crippen molar-refractivity contribution >= 4 is 33.1 Å². The average Bonchev–Trinajstić information content (AvgIpc) is 2.25. The fourth-order valence-electron chi connectivity index (χ4n) is 1.30. The van der Waals surface area contributed by atoms with Gasteiger partial charge in [-0.15, -0.1) is 0 Å². The van der Waals surface area contributed by atoms with Crippen molar-refractivity contribution in [1.29, 1.82) is 0 Å². The molecule has 0 aliphatic heterocycles. The molecule has 0 bridgehead atoms. The van der Waals surface area contributed by atoms with Gasteiger partial charge in [-0.05, 0) is 24.3 Å². The predicted molar refractivity (Wildman–Crippen MR) is 66.0 cm³/mol. The molecule has 0 unspecified atom stereocenters. The molecule has 1 aromatic carbocycles. The third-order valence-corrected chi connectivity index (χ3v) is 2.55. The minimum Gasteiger partial charge on any atom is -0.396 e. The standard InChI is InChI=1S/C11H8BrF2N3/c12-6-4-7(13)10(8(14)5-6)17-11-9(15)2-1-3-16-11/h1-5H,15H2,(H,16,17). The first kappa shape index (κ1) is 11.8. The van der Waals surface area contributed by atoms with Gasteiger partial charge in [-0.2, -0.15) is 0 Å². The first-order valence-electron chi connectivity index (χ1n) is 4.70. The Balaban J connectivity index is 2.40. The zero-order chi connectivity index (χ0) is 12.4. The second-order valence-electron chi connectivity index (χ2n) is 3.31. The van der Waals surface area contributed by atoms with E-state index in [0.29, 0.717) is 10.2 Å².